The average molecular weight is 178 g/mol. The number of aromatic nitrogens is 2. The Balaban J connectivity index is 2.77. The Kier molecular flexibility index (Phi) is 1.79. The van der Waals surface area contributed by atoms with Gasteiger partial charge < -0.3 is 0 Å². The molecule has 0 fully saturated rings. The lowest BCUT2D eigenvalue weighted by Gasteiger charge is -2.06. The second kappa shape index (κ2) is 2.83. The minimum Gasteiger partial charge on any atom is -0.234 e. The third-order valence-electron chi connectivity index (χ3n) is 2.12. The van der Waals surface area contributed by atoms with Gasteiger partial charge in [0.05, 0.1) is 6.20 Å². The van der Waals surface area contributed by atoms with Crippen molar-refractivity contribution in [2.45, 2.75) is 19.8 Å². The second-order valence-corrected chi connectivity index (χ2v) is 3.39. The van der Waals surface area contributed by atoms with Crippen molar-refractivity contribution in [3.05, 3.63) is 35.9 Å². The summed E-state index contributed by atoms with van der Waals surface area (Å²) < 4.78 is 14.8. The van der Waals surface area contributed by atoms with Gasteiger partial charge in [0.1, 0.15) is 5.52 Å². The number of hydrogen-bond donors (Lipinski definition) is 0. The first-order valence-electron chi connectivity index (χ1n) is 4.32. The van der Waals surface area contributed by atoms with E-state index in [2.05, 4.69) is 18.9 Å². The highest BCUT2D eigenvalue weighted by Gasteiger charge is 2.08. The van der Waals surface area contributed by atoms with Crippen molar-refractivity contribution < 1.29 is 4.39 Å². The predicted octanol–water partition coefficient (Wildman–Crippen LogP) is 2.60. The van der Waals surface area contributed by atoms with Gasteiger partial charge in [0.15, 0.2) is 5.82 Å². The van der Waals surface area contributed by atoms with E-state index in [1.165, 1.54) is 6.20 Å². The molecule has 0 radical (unpaired) electrons. The molecule has 0 bridgehead atoms. The molecule has 0 atom stereocenters. The summed E-state index contributed by atoms with van der Waals surface area (Å²) in [6.07, 6.45) is 1.25. The van der Waals surface area contributed by atoms with Crippen LogP contribution in [0.25, 0.3) is 5.52 Å². The van der Waals surface area contributed by atoms with Gasteiger partial charge in [0.2, 0.25) is 0 Å². The zero-order valence-corrected chi connectivity index (χ0v) is 7.66. The molecule has 0 saturated carbocycles. The van der Waals surface area contributed by atoms with Gasteiger partial charge in [-0.05, 0) is 18.1 Å². The van der Waals surface area contributed by atoms with Gasteiger partial charge in [-0.3, -0.25) is 0 Å². The van der Waals surface area contributed by atoms with E-state index >= 15 is 0 Å². The van der Waals surface area contributed by atoms with Crippen LogP contribution in [0.15, 0.2) is 24.4 Å². The van der Waals surface area contributed by atoms with Crippen molar-refractivity contribution in [3.8, 4) is 0 Å². The lowest BCUT2D eigenvalue weighted by Crippen LogP contribution is -1.99. The Morgan fingerprint density at radius 3 is 2.85 bits per heavy atom. The van der Waals surface area contributed by atoms with E-state index in [0.29, 0.717) is 11.4 Å². The SMILES string of the molecule is CC(C)c1cccc2c(F)cnn12. The summed E-state index contributed by atoms with van der Waals surface area (Å²) in [4.78, 5) is 0. The Bertz CT molecular complexity index is 431. The van der Waals surface area contributed by atoms with Crippen molar-refractivity contribution in [1.29, 1.82) is 0 Å². The quantitative estimate of drug-likeness (QED) is 0.656. The van der Waals surface area contributed by atoms with Crippen molar-refractivity contribution >= 4 is 5.52 Å². The molecule has 0 saturated heterocycles. The van der Waals surface area contributed by atoms with Gasteiger partial charge in [0, 0.05) is 5.69 Å². The van der Waals surface area contributed by atoms with Gasteiger partial charge in [-0.15, -0.1) is 0 Å². The first-order valence-corrected chi connectivity index (χ1v) is 4.32. The molecule has 13 heavy (non-hydrogen) atoms. The van der Waals surface area contributed by atoms with Crippen molar-refractivity contribution in [3.63, 3.8) is 0 Å². The molecule has 0 N–H and O–H groups in total. The zero-order valence-electron chi connectivity index (χ0n) is 7.66. The van der Waals surface area contributed by atoms with Crippen LogP contribution in [0, 0.1) is 5.82 Å². The van der Waals surface area contributed by atoms with Gasteiger partial charge in [-0.2, -0.15) is 5.10 Å². The summed E-state index contributed by atoms with van der Waals surface area (Å²) in [5, 5.41) is 3.98. The maximum absolute atomic E-state index is 13.1. The van der Waals surface area contributed by atoms with E-state index in [1.54, 1.807) is 10.6 Å². The fourth-order valence-corrected chi connectivity index (χ4v) is 1.44. The molecule has 0 spiro atoms. The van der Waals surface area contributed by atoms with Crippen LogP contribution in [-0.2, 0) is 0 Å². The highest BCUT2D eigenvalue weighted by molar-refractivity contribution is 5.48. The summed E-state index contributed by atoms with van der Waals surface area (Å²) in [6.45, 7) is 4.13. The van der Waals surface area contributed by atoms with Gasteiger partial charge in [-0.1, -0.05) is 19.9 Å². The third-order valence-corrected chi connectivity index (χ3v) is 2.12. The molecule has 68 valence electrons. The molecule has 2 rings (SSSR count). The molecule has 0 aliphatic heterocycles. The van der Waals surface area contributed by atoms with E-state index in [4.69, 9.17) is 0 Å². The molecule has 2 nitrogen and oxygen atoms in total. The number of nitrogens with zero attached hydrogens (tertiary/aromatic N) is 2. The van der Waals surface area contributed by atoms with Crippen LogP contribution >= 0.6 is 0 Å². The van der Waals surface area contributed by atoms with Crippen LogP contribution in [0.2, 0.25) is 0 Å². The molecule has 0 aromatic carbocycles. The number of pyridine rings is 1. The summed E-state index contributed by atoms with van der Waals surface area (Å²) in [5.41, 5.74) is 1.58. The first kappa shape index (κ1) is 8.23. The number of fused-ring (bicyclic) bond motifs is 1. The van der Waals surface area contributed by atoms with E-state index in [-0.39, 0.29) is 5.82 Å². The largest absolute Gasteiger partial charge is 0.234 e. The molecule has 0 aliphatic carbocycles. The number of rotatable bonds is 1. The lowest BCUT2D eigenvalue weighted by atomic mass is 10.1. The Hall–Kier alpha value is -1.38. The molecule has 3 heteroatoms. The van der Waals surface area contributed by atoms with Crippen molar-refractivity contribution in [2.75, 3.05) is 0 Å². The Morgan fingerprint density at radius 1 is 1.38 bits per heavy atom. The normalized spacial score (nSPS) is 11.4. The highest BCUT2D eigenvalue weighted by atomic mass is 19.1. The van der Waals surface area contributed by atoms with E-state index in [0.717, 1.165) is 5.69 Å². The molecular formula is C10H11FN2. The molecular weight excluding hydrogens is 167 g/mol. The Labute approximate surface area is 76.0 Å². The summed E-state index contributed by atoms with van der Waals surface area (Å²) in [6, 6.07) is 5.55. The third kappa shape index (κ3) is 1.20. The minimum absolute atomic E-state index is 0.262. The monoisotopic (exact) mass is 178 g/mol. The van der Waals surface area contributed by atoms with E-state index in [1.807, 2.05) is 12.1 Å². The fraction of sp³-hybridized carbons (Fsp3) is 0.300. The highest BCUT2D eigenvalue weighted by Crippen LogP contribution is 2.17. The smallest absolute Gasteiger partial charge is 0.168 e. The number of hydrogen-bond acceptors (Lipinski definition) is 1. The van der Waals surface area contributed by atoms with Crippen LogP contribution < -0.4 is 0 Å². The maximum Gasteiger partial charge on any atom is 0.168 e. The van der Waals surface area contributed by atoms with E-state index < -0.39 is 0 Å². The van der Waals surface area contributed by atoms with Gasteiger partial charge >= 0.3 is 0 Å². The van der Waals surface area contributed by atoms with Crippen LogP contribution in [-0.4, -0.2) is 9.61 Å². The molecule has 0 aliphatic rings. The first-order chi connectivity index (χ1) is 6.20. The van der Waals surface area contributed by atoms with Gasteiger partial charge in [0.25, 0.3) is 0 Å². The maximum atomic E-state index is 13.1. The standard InChI is InChI=1S/C10H11FN2/c1-7(2)9-4-3-5-10-8(11)6-12-13(9)10/h3-7H,1-2H3. The predicted molar refractivity (Wildman–Crippen MR) is 49.2 cm³/mol. The minimum atomic E-state index is -0.262. The molecule has 0 amide bonds. The second-order valence-electron chi connectivity index (χ2n) is 3.39. The van der Waals surface area contributed by atoms with Gasteiger partial charge in [-0.25, -0.2) is 8.91 Å². The van der Waals surface area contributed by atoms with Crippen LogP contribution in [0.5, 0.6) is 0 Å². The zero-order chi connectivity index (χ0) is 9.42. The van der Waals surface area contributed by atoms with Crippen LogP contribution in [0.3, 0.4) is 0 Å². The summed E-state index contributed by atoms with van der Waals surface area (Å²) in [7, 11) is 0. The Morgan fingerprint density at radius 2 is 2.15 bits per heavy atom. The molecule has 2 heterocycles. The summed E-state index contributed by atoms with van der Waals surface area (Å²) in [5.74, 6) is 0.0884. The van der Waals surface area contributed by atoms with Crippen LogP contribution in [0.4, 0.5) is 4.39 Å². The van der Waals surface area contributed by atoms with Crippen LogP contribution in [0.1, 0.15) is 25.5 Å². The van der Waals surface area contributed by atoms with Crippen molar-refractivity contribution in [1.82, 2.24) is 9.61 Å². The van der Waals surface area contributed by atoms with Crippen molar-refractivity contribution in [2.24, 2.45) is 0 Å². The average Bonchev–Trinajstić information content (AvgIpc) is 2.48. The van der Waals surface area contributed by atoms with E-state index in [9.17, 15) is 4.39 Å². The summed E-state index contributed by atoms with van der Waals surface area (Å²) >= 11 is 0. The molecule has 2 aromatic rings. The number of halogens is 1. The topological polar surface area (TPSA) is 17.3 Å². The fourth-order valence-electron chi connectivity index (χ4n) is 1.44. The lowest BCUT2D eigenvalue weighted by molar-refractivity contribution is 0.638. The molecule has 0 unspecified atom stereocenters. The molecule has 2 aromatic heterocycles.